The van der Waals surface area contributed by atoms with Crippen LogP contribution in [0.25, 0.3) is 0 Å². The number of hydrogen-bond donors (Lipinski definition) is 0. The topological polar surface area (TPSA) is 52.6 Å². The van der Waals surface area contributed by atoms with E-state index in [0.29, 0.717) is 17.0 Å². The van der Waals surface area contributed by atoms with Gasteiger partial charge in [-0.05, 0) is 30.2 Å². The van der Waals surface area contributed by atoms with Crippen molar-refractivity contribution < 1.29 is 19.4 Å². The Bertz CT molecular complexity index is 653. The largest absolute Gasteiger partial charge is 0.387 e. The first kappa shape index (κ1) is 15.1. The second-order valence-corrected chi connectivity index (χ2v) is 4.62. The van der Waals surface area contributed by atoms with Gasteiger partial charge in [-0.1, -0.05) is 48.9 Å². The second kappa shape index (κ2) is 6.90. The van der Waals surface area contributed by atoms with Crippen LogP contribution < -0.4 is 0 Å². The summed E-state index contributed by atoms with van der Waals surface area (Å²) in [7, 11) is 0. The fraction of sp³-hybridized carbons (Fsp3) is 0.125. The van der Waals surface area contributed by atoms with Gasteiger partial charge < -0.3 is 0 Å². The number of hydrogen-bond acceptors (Lipinski definition) is 4. The Balaban J connectivity index is 2.04. The van der Waals surface area contributed by atoms with Gasteiger partial charge in [-0.3, -0.25) is 0 Å². The molecule has 0 N–H and O–H groups in total. The minimum Gasteiger partial charge on any atom is -0.242 e. The molecule has 0 fully saturated rings. The van der Waals surface area contributed by atoms with Crippen molar-refractivity contribution in [2.45, 2.75) is 13.3 Å². The Kier molecular flexibility index (Phi) is 4.95. The Hall–Kier alpha value is -2.33. The number of carbonyl (C=O) groups is 2. The highest BCUT2D eigenvalue weighted by Gasteiger charge is 2.17. The summed E-state index contributed by atoms with van der Waals surface area (Å²) in [4.78, 5) is 32.6. The van der Waals surface area contributed by atoms with E-state index in [0.717, 1.165) is 5.56 Å². The van der Waals surface area contributed by atoms with Gasteiger partial charge in [0, 0.05) is 0 Å². The lowest BCUT2D eigenvalue weighted by atomic mass is 10.1. The van der Waals surface area contributed by atoms with Crippen molar-refractivity contribution in [3.8, 4) is 0 Å². The molecular weight excluding hydrogens is 292 g/mol. The Labute approximate surface area is 127 Å². The van der Waals surface area contributed by atoms with Gasteiger partial charge in [-0.15, -0.1) is 0 Å². The molecule has 0 atom stereocenters. The molecule has 0 saturated heterocycles. The van der Waals surface area contributed by atoms with E-state index in [2.05, 4.69) is 9.78 Å². The van der Waals surface area contributed by atoms with Crippen LogP contribution in [0.15, 0.2) is 48.5 Å². The van der Waals surface area contributed by atoms with E-state index in [1.54, 1.807) is 36.4 Å². The van der Waals surface area contributed by atoms with Gasteiger partial charge >= 0.3 is 11.9 Å². The molecule has 2 aromatic carbocycles. The summed E-state index contributed by atoms with van der Waals surface area (Å²) in [5.74, 6) is -1.55. The Morgan fingerprint density at radius 1 is 0.952 bits per heavy atom. The lowest BCUT2D eigenvalue weighted by molar-refractivity contribution is -0.187. The molecule has 0 heterocycles. The molecule has 0 saturated carbocycles. The molecule has 0 aromatic heterocycles. The van der Waals surface area contributed by atoms with Gasteiger partial charge in [0.05, 0.1) is 16.1 Å². The van der Waals surface area contributed by atoms with E-state index in [9.17, 15) is 9.59 Å². The lowest BCUT2D eigenvalue weighted by Gasteiger charge is -2.07. The van der Waals surface area contributed by atoms with Crippen LogP contribution in [0.5, 0.6) is 0 Å². The van der Waals surface area contributed by atoms with Crippen LogP contribution in [0.1, 0.15) is 33.2 Å². The van der Waals surface area contributed by atoms with Crippen molar-refractivity contribution in [3.63, 3.8) is 0 Å². The summed E-state index contributed by atoms with van der Waals surface area (Å²) in [6, 6.07) is 13.3. The molecule has 21 heavy (non-hydrogen) atoms. The van der Waals surface area contributed by atoms with Gasteiger partial charge in [-0.2, -0.15) is 0 Å². The van der Waals surface area contributed by atoms with Crippen molar-refractivity contribution >= 4 is 23.5 Å². The fourth-order valence-electron chi connectivity index (χ4n) is 1.75. The molecule has 0 aliphatic rings. The maximum atomic E-state index is 11.9. The molecular formula is C16H13ClO4. The molecule has 5 heteroatoms. The highest BCUT2D eigenvalue weighted by molar-refractivity contribution is 6.34. The molecule has 0 aliphatic carbocycles. The zero-order valence-electron chi connectivity index (χ0n) is 11.3. The zero-order valence-corrected chi connectivity index (χ0v) is 12.1. The third-order valence-corrected chi connectivity index (χ3v) is 3.33. The van der Waals surface area contributed by atoms with Crippen LogP contribution in [-0.4, -0.2) is 11.9 Å². The molecule has 0 bridgehead atoms. The van der Waals surface area contributed by atoms with Gasteiger partial charge in [0.25, 0.3) is 0 Å². The summed E-state index contributed by atoms with van der Waals surface area (Å²) < 4.78 is 0. The number of benzene rings is 2. The summed E-state index contributed by atoms with van der Waals surface area (Å²) in [6.45, 7) is 1.92. The van der Waals surface area contributed by atoms with Crippen LogP contribution in [0, 0.1) is 0 Å². The maximum Gasteiger partial charge on any atom is 0.387 e. The minimum atomic E-state index is -0.806. The molecule has 0 amide bonds. The molecule has 0 unspecified atom stereocenters. The highest BCUT2D eigenvalue weighted by Crippen LogP contribution is 2.22. The Morgan fingerprint density at radius 3 is 2.29 bits per heavy atom. The van der Waals surface area contributed by atoms with Crippen LogP contribution in [0.2, 0.25) is 5.02 Å². The standard InChI is InChI=1S/C16H13ClO4/c1-2-11-9-6-10-13(14(11)17)16(19)21-20-15(18)12-7-4-3-5-8-12/h3-10H,2H2,1H3. The smallest absolute Gasteiger partial charge is 0.242 e. The number of carbonyl (C=O) groups excluding carboxylic acids is 2. The molecule has 0 radical (unpaired) electrons. The number of halogens is 1. The average Bonchev–Trinajstić information content (AvgIpc) is 2.53. The van der Waals surface area contributed by atoms with Gasteiger partial charge in [0.15, 0.2) is 0 Å². The first-order valence-corrected chi connectivity index (χ1v) is 6.77. The predicted molar refractivity (Wildman–Crippen MR) is 78.1 cm³/mol. The number of aryl methyl sites for hydroxylation is 1. The molecule has 2 aromatic rings. The number of rotatable bonds is 3. The van der Waals surface area contributed by atoms with Crippen LogP contribution in [0.3, 0.4) is 0 Å². The lowest BCUT2D eigenvalue weighted by Crippen LogP contribution is -2.12. The average molecular weight is 305 g/mol. The quantitative estimate of drug-likeness (QED) is 0.639. The van der Waals surface area contributed by atoms with Crippen molar-refractivity contribution in [3.05, 3.63) is 70.2 Å². The van der Waals surface area contributed by atoms with Crippen LogP contribution in [-0.2, 0) is 16.2 Å². The highest BCUT2D eigenvalue weighted by atomic mass is 35.5. The SMILES string of the molecule is CCc1cccc(C(=O)OOC(=O)c2ccccc2)c1Cl. The van der Waals surface area contributed by atoms with Crippen molar-refractivity contribution in [1.82, 2.24) is 0 Å². The minimum absolute atomic E-state index is 0.164. The first-order chi connectivity index (χ1) is 10.1. The summed E-state index contributed by atoms with van der Waals surface area (Å²) >= 11 is 6.09. The first-order valence-electron chi connectivity index (χ1n) is 6.39. The van der Waals surface area contributed by atoms with Gasteiger partial charge in [-0.25, -0.2) is 19.4 Å². The predicted octanol–water partition coefficient (Wildman–Crippen LogP) is 3.83. The molecule has 2 rings (SSSR count). The maximum absolute atomic E-state index is 11.9. The molecule has 0 aliphatic heterocycles. The van der Waals surface area contributed by atoms with Crippen molar-refractivity contribution in [2.75, 3.05) is 0 Å². The molecule has 4 nitrogen and oxygen atoms in total. The van der Waals surface area contributed by atoms with Crippen molar-refractivity contribution in [1.29, 1.82) is 0 Å². The fourth-order valence-corrected chi connectivity index (χ4v) is 2.09. The summed E-state index contributed by atoms with van der Waals surface area (Å²) in [5, 5.41) is 0.306. The van der Waals surface area contributed by atoms with Gasteiger partial charge in [0.1, 0.15) is 0 Å². The third-order valence-electron chi connectivity index (χ3n) is 2.88. The molecule has 0 spiro atoms. The second-order valence-electron chi connectivity index (χ2n) is 4.24. The van der Waals surface area contributed by atoms with E-state index >= 15 is 0 Å². The summed E-state index contributed by atoms with van der Waals surface area (Å²) in [5.41, 5.74) is 1.27. The zero-order chi connectivity index (χ0) is 15.2. The summed E-state index contributed by atoms with van der Waals surface area (Å²) in [6.07, 6.45) is 0.684. The Morgan fingerprint density at radius 2 is 1.62 bits per heavy atom. The van der Waals surface area contributed by atoms with E-state index < -0.39 is 11.9 Å². The van der Waals surface area contributed by atoms with E-state index in [1.165, 1.54) is 6.07 Å². The van der Waals surface area contributed by atoms with Crippen LogP contribution in [0.4, 0.5) is 0 Å². The monoisotopic (exact) mass is 304 g/mol. The third kappa shape index (κ3) is 3.61. The van der Waals surface area contributed by atoms with E-state index in [-0.39, 0.29) is 5.56 Å². The normalized spacial score (nSPS) is 10.0. The van der Waals surface area contributed by atoms with Crippen LogP contribution >= 0.6 is 11.6 Å². The van der Waals surface area contributed by atoms with E-state index in [1.807, 2.05) is 13.0 Å². The van der Waals surface area contributed by atoms with E-state index in [4.69, 9.17) is 11.6 Å². The van der Waals surface area contributed by atoms with Crippen molar-refractivity contribution in [2.24, 2.45) is 0 Å². The molecule has 108 valence electrons. The van der Waals surface area contributed by atoms with Gasteiger partial charge in [0.2, 0.25) is 0 Å².